The number of hydrogen-bond acceptors (Lipinski definition) is 5. The maximum atomic E-state index is 13.2. The topological polar surface area (TPSA) is 101 Å². The minimum Gasteiger partial charge on any atom is -0.465 e. The summed E-state index contributed by atoms with van der Waals surface area (Å²) < 4.78 is 1.54. The summed E-state index contributed by atoms with van der Waals surface area (Å²) in [6.45, 7) is 11.6. The predicted octanol–water partition coefficient (Wildman–Crippen LogP) is 4.47. The fourth-order valence-electron chi connectivity index (χ4n) is 3.26. The summed E-state index contributed by atoms with van der Waals surface area (Å²) in [4.78, 5) is 30.3. The lowest BCUT2D eigenvalue weighted by Crippen LogP contribution is -2.46. The Morgan fingerprint density at radius 2 is 1.77 bits per heavy atom. The fraction of sp³-hybridized carbons (Fsp3) is 0.348. The van der Waals surface area contributed by atoms with Gasteiger partial charge in [0, 0.05) is 17.9 Å². The van der Waals surface area contributed by atoms with Crippen LogP contribution in [0, 0.1) is 0 Å². The molecule has 8 heteroatoms. The lowest BCUT2D eigenvalue weighted by Gasteiger charge is -2.34. The third-order valence-corrected chi connectivity index (χ3v) is 4.85. The standard InChI is InChI=1S/C23H27N5O3/c1-22(2,3)15-8-7-9-16(12-15)27-14-18(25-26-27)20(29)17-13-24-11-10-19(17)28(21(30)31)23(4,5)6/h7-14H,1-6H3,(H,30,31). The van der Waals surface area contributed by atoms with E-state index in [1.165, 1.54) is 23.1 Å². The van der Waals surface area contributed by atoms with E-state index in [0.717, 1.165) is 16.2 Å². The van der Waals surface area contributed by atoms with E-state index in [4.69, 9.17) is 0 Å². The summed E-state index contributed by atoms with van der Waals surface area (Å²) in [5.74, 6) is -0.447. The Kier molecular flexibility index (Phi) is 5.67. The van der Waals surface area contributed by atoms with Gasteiger partial charge in [-0.2, -0.15) is 0 Å². The van der Waals surface area contributed by atoms with Gasteiger partial charge >= 0.3 is 6.09 Å². The second-order valence-electron chi connectivity index (χ2n) is 9.36. The van der Waals surface area contributed by atoms with Crippen LogP contribution in [0.3, 0.4) is 0 Å². The van der Waals surface area contributed by atoms with Gasteiger partial charge in [0.15, 0.2) is 5.69 Å². The summed E-state index contributed by atoms with van der Waals surface area (Å²) in [7, 11) is 0. The Bertz CT molecular complexity index is 1120. The molecule has 0 aliphatic heterocycles. The van der Waals surface area contributed by atoms with Crippen LogP contribution in [0.5, 0.6) is 0 Å². The maximum Gasteiger partial charge on any atom is 0.412 e. The number of pyridine rings is 1. The van der Waals surface area contributed by atoms with E-state index < -0.39 is 17.4 Å². The number of hydrogen-bond donors (Lipinski definition) is 1. The SMILES string of the molecule is CC(C)(C)c1cccc(-n2cc(C(=O)c3cnccc3N(C(=O)O)C(C)(C)C)nn2)c1. The van der Waals surface area contributed by atoms with Gasteiger partial charge in [0.2, 0.25) is 5.78 Å². The van der Waals surface area contributed by atoms with Crippen LogP contribution < -0.4 is 4.90 Å². The molecule has 31 heavy (non-hydrogen) atoms. The maximum absolute atomic E-state index is 13.2. The van der Waals surface area contributed by atoms with Crippen LogP contribution in [0.15, 0.2) is 48.9 Å². The molecular weight excluding hydrogens is 394 g/mol. The second-order valence-corrected chi connectivity index (χ2v) is 9.36. The minimum atomic E-state index is -1.16. The molecule has 0 aliphatic carbocycles. The summed E-state index contributed by atoms with van der Waals surface area (Å²) in [5.41, 5.74) is 1.63. The predicted molar refractivity (Wildman–Crippen MR) is 118 cm³/mol. The molecule has 0 saturated heterocycles. The molecule has 0 bridgehead atoms. The number of carbonyl (C=O) groups excluding carboxylic acids is 1. The molecule has 0 unspecified atom stereocenters. The number of nitrogens with zero attached hydrogens (tertiary/aromatic N) is 5. The molecule has 1 amide bonds. The van der Waals surface area contributed by atoms with E-state index in [1.54, 1.807) is 27.0 Å². The average Bonchev–Trinajstić information content (AvgIpc) is 3.16. The van der Waals surface area contributed by atoms with Gasteiger partial charge < -0.3 is 5.11 Å². The number of carbonyl (C=O) groups is 2. The molecule has 1 aromatic carbocycles. The van der Waals surface area contributed by atoms with E-state index in [-0.39, 0.29) is 22.4 Å². The van der Waals surface area contributed by atoms with Gasteiger partial charge in [-0.3, -0.25) is 14.7 Å². The molecule has 0 fully saturated rings. The Balaban J connectivity index is 2.00. The van der Waals surface area contributed by atoms with E-state index in [2.05, 4.69) is 36.1 Å². The summed E-state index contributed by atoms with van der Waals surface area (Å²) >= 11 is 0. The molecule has 1 N–H and O–H groups in total. The quantitative estimate of drug-likeness (QED) is 0.624. The molecule has 0 spiro atoms. The van der Waals surface area contributed by atoms with Gasteiger partial charge in [-0.05, 0) is 49.9 Å². The summed E-state index contributed by atoms with van der Waals surface area (Å²) in [6.07, 6.45) is 3.21. The highest BCUT2D eigenvalue weighted by Gasteiger charge is 2.32. The highest BCUT2D eigenvalue weighted by atomic mass is 16.4. The zero-order valence-corrected chi connectivity index (χ0v) is 18.6. The van der Waals surface area contributed by atoms with Crippen molar-refractivity contribution in [2.75, 3.05) is 4.90 Å². The second kappa shape index (κ2) is 7.94. The van der Waals surface area contributed by atoms with E-state index in [1.807, 2.05) is 24.3 Å². The third-order valence-electron chi connectivity index (χ3n) is 4.85. The summed E-state index contributed by atoms with van der Waals surface area (Å²) in [6, 6.07) is 9.39. The van der Waals surface area contributed by atoms with Gasteiger partial charge in [-0.15, -0.1) is 5.10 Å². The van der Waals surface area contributed by atoms with Crippen molar-refractivity contribution in [3.8, 4) is 5.69 Å². The number of amides is 1. The molecule has 2 aromatic heterocycles. The molecule has 162 valence electrons. The first kappa shape index (κ1) is 22.1. The van der Waals surface area contributed by atoms with Crippen molar-refractivity contribution in [1.29, 1.82) is 0 Å². The van der Waals surface area contributed by atoms with Crippen molar-refractivity contribution >= 4 is 17.6 Å². The zero-order valence-electron chi connectivity index (χ0n) is 18.6. The van der Waals surface area contributed by atoms with Gasteiger partial charge in [0.25, 0.3) is 0 Å². The van der Waals surface area contributed by atoms with Gasteiger partial charge in [0.1, 0.15) is 0 Å². The number of aromatic nitrogens is 4. The van der Waals surface area contributed by atoms with Crippen molar-refractivity contribution in [1.82, 2.24) is 20.0 Å². The van der Waals surface area contributed by atoms with Crippen molar-refractivity contribution in [3.63, 3.8) is 0 Å². The molecular formula is C23H27N5O3. The Morgan fingerprint density at radius 3 is 2.39 bits per heavy atom. The van der Waals surface area contributed by atoms with Crippen LogP contribution in [0.1, 0.15) is 63.2 Å². The Hall–Kier alpha value is -3.55. The average molecular weight is 422 g/mol. The van der Waals surface area contributed by atoms with Crippen molar-refractivity contribution < 1.29 is 14.7 Å². The van der Waals surface area contributed by atoms with Crippen molar-refractivity contribution in [3.05, 3.63) is 65.7 Å². The van der Waals surface area contributed by atoms with Crippen LogP contribution in [0.25, 0.3) is 5.69 Å². The van der Waals surface area contributed by atoms with Crippen molar-refractivity contribution in [2.45, 2.75) is 52.5 Å². The Morgan fingerprint density at radius 1 is 1.06 bits per heavy atom. The number of rotatable bonds is 4. The highest BCUT2D eigenvalue weighted by Crippen LogP contribution is 2.29. The monoisotopic (exact) mass is 421 g/mol. The molecule has 3 rings (SSSR count). The zero-order chi connectivity index (χ0) is 23.0. The minimum absolute atomic E-state index is 0.0346. The van der Waals surface area contributed by atoms with Crippen molar-refractivity contribution in [2.24, 2.45) is 0 Å². The molecule has 0 radical (unpaired) electrons. The van der Waals surface area contributed by atoms with Crippen LogP contribution in [-0.2, 0) is 5.41 Å². The molecule has 0 saturated carbocycles. The largest absolute Gasteiger partial charge is 0.465 e. The van der Waals surface area contributed by atoms with E-state index in [0.29, 0.717) is 0 Å². The third kappa shape index (κ3) is 4.63. The summed E-state index contributed by atoms with van der Waals surface area (Å²) in [5, 5.41) is 17.9. The number of anilines is 1. The van der Waals surface area contributed by atoms with E-state index >= 15 is 0 Å². The molecule has 2 heterocycles. The molecule has 0 aliphatic rings. The fourth-order valence-corrected chi connectivity index (χ4v) is 3.26. The van der Waals surface area contributed by atoms with Crippen LogP contribution in [0.2, 0.25) is 0 Å². The highest BCUT2D eigenvalue weighted by molar-refractivity contribution is 6.12. The molecule has 3 aromatic rings. The Labute approximate surface area is 181 Å². The number of carboxylic acid groups (broad SMARTS) is 1. The normalized spacial score (nSPS) is 11.9. The van der Waals surface area contributed by atoms with E-state index in [9.17, 15) is 14.7 Å². The van der Waals surface area contributed by atoms with Crippen LogP contribution in [-0.4, -0.2) is 42.5 Å². The molecule has 8 nitrogen and oxygen atoms in total. The van der Waals surface area contributed by atoms with Gasteiger partial charge in [0.05, 0.1) is 23.1 Å². The van der Waals surface area contributed by atoms with Gasteiger partial charge in [-0.1, -0.05) is 38.1 Å². The lowest BCUT2D eigenvalue weighted by molar-refractivity contribution is 0.103. The number of ketones is 1. The smallest absolute Gasteiger partial charge is 0.412 e. The lowest BCUT2D eigenvalue weighted by atomic mass is 9.87. The van der Waals surface area contributed by atoms with Crippen LogP contribution >= 0.6 is 0 Å². The first-order valence-corrected chi connectivity index (χ1v) is 9.95. The number of benzene rings is 1. The van der Waals surface area contributed by atoms with Gasteiger partial charge in [-0.25, -0.2) is 9.48 Å². The first-order chi connectivity index (χ1) is 14.4. The first-order valence-electron chi connectivity index (χ1n) is 9.95. The van der Waals surface area contributed by atoms with Crippen LogP contribution in [0.4, 0.5) is 10.5 Å². The molecule has 0 atom stereocenters.